The molecule has 0 saturated carbocycles. The first-order chi connectivity index (χ1) is 9.00. The van der Waals surface area contributed by atoms with E-state index in [1.165, 1.54) is 6.07 Å². The molecular weight excluding hydrogens is 307 g/mol. The van der Waals surface area contributed by atoms with Crippen LogP contribution in [0.15, 0.2) is 23.1 Å². The van der Waals surface area contributed by atoms with Crippen LogP contribution in [0, 0.1) is 0 Å². The van der Waals surface area contributed by atoms with Crippen LogP contribution in [0.5, 0.6) is 0 Å². The molecule has 1 heterocycles. The topological polar surface area (TPSA) is 58.2 Å². The van der Waals surface area contributed by atoms with Crippen molar-refractivity contribution in [3.05, 3.63) is 28.2 Å². The number of hydrogen-bond acceptors (Lipinski definition) is 3. The van der Waals surface area contributed by atoms with Gasteiger partial charge in [0.15, 0.2) is 0 Å². The molecule has 0 aromatic heterocycles. The van der Waals surface area contributed by atoms with Crippen molar-refractivity contribution in [2.24, 2.45) is 0 Å². The van der Waals surface area contributed by atoms with E-state index >= 15 is 0 Å². The summed E-state index contributed by atoms with van der Waals surface area (Å²) < 4.78 is 27.3. The third-order valence-corrected chi connectivity index (χ3v) is 5.60. The molecule has 1 unspecified atom stereocenters. The summed E-state index contributed by atoms with van der Waals surface area (Å²) in [6, 6.07) is 4.55. The highest BCUT2D eigenvalue weighted by Crippen LogP contribution is 2.29. The van der Waals surface area contributed by atoms with E-state index in [1.54, 1.807) is 12.1 Å². The Bertz CT molecular complexity index is 541. The van der Waals surface area contributed by atoms with E-state index in [2.05, 4.69) is 10.0 Å². The summed E-state index contributed by atoms with van der Waals surface area (Å²) in [4.78, 5) is 0.0406. The molecule has 1 atom stereocenters. The van der Waals surface area contributed by atoms with Crippen LogP contribution >= 0.6 is 23.2 Å². The lowest BCUT2D eigenvalue weighted by Crippen LogP contribution is -2.35. The fourth-order valence-corrected chi connectivity index (χ4v) is 4.18. The monoisotopic (exact) mass is 322 g/mol. The highest BCUT2D eigenvalue weighted by molar-refractivity contribution is 7.89. The van der Waals surface area contributed by atoms with Gasteiger partial charge >= 0.3 is 0 Å². The molecule has 106 valence electrons. The number of rotatable bonds is 3. The zero-order chi connectivity index (χ0) is 13.9. The largest absolute Gasteiger partial charge is 0.317 e. The van der Waals surface area contributed by atoms with Gasteiger partial charge in [-0.3, -0.25) is 0 Å². The quantitative estimate of drug-likeness (QED) is 0.898. The second kappa shape index (κ2) is 6.41. The lowest BCUT2D eigenvalue weighted by atomic mass is 10.1. The molecular formula is C12H16Cl2N2O2S. The lowest BCUT2D eigenvalue weighted by Gasteiger charge is -2.17. The average molecular weight is 323 g/mol. The lowest BCUT2D eigenvalue weighted by molar-refractivity contribution is 0.518. The summed E-state index contributed by atoms with van der Waals surface area (Å²) in [5.41, 5.74) is 0. The van der Waals surface area contributed by atoms with Crippen LogP contribution < -0.4 is 10.0 Å². The summed E-state index contributed by atoms with van der Waals surface area (Å²) in [7, 11) is -3.62. The summed E-state index contributed by atoms with van der Waals surface area (Å²) in [6.45, 7) is 1.74. The zero-order valence-corrected chi connectivity index (χ0v) is 12.7. The van der Waals surface area contributed by atoms with Crippen molar-refractivity contribution in [3.8, 4) is 0 Å². The van der Waals surface area contributed by atoms with E-state index in [0.29, 0.717) is 0 Å². The van der Waals surface area contributed by atoms with Crippen LogP contribution in [-0.4, -0.2) is 27.5 Å². The van der Waals surface area contributed by atoms with Crippen molar-refractivity contribution in [1.29, 1.82) is 0 Å². The Labute approximate surface area is 123 Å². The predicted octanol–water partition coefficient (Wildman–Crippen LogP) is 2.41. The minimum absolute atomic E-state index is 0.0406. The Balaban J connectivity index is 2.19. The molecule has 0 amide bonds. The van der Waals surface area contributed by atoms with E-state index in [0.717, 1.165) is 32.4 Å². The number of sulfonamides is 1. The summed E-state index contributed by atoms with van der Waals surface area (Å²) in [5.74, 6) is 0. The summed E-state index contributed by atoms with van der Waals surface area (Å²) >= 11 is 11.8. The van der Waals surface area contributed by atoms with Crippen molar-refractivity contribution in [2.75, 3.05) is 13.1 Å². The first kappa shape index (κ1) is 15.1. The van der Waals surface area contributed by atoms with E-state index in [1.807, 2.05) is 0 Å². The maximum Gasteiger partial charge on any atom is 0.242 e. The Morgan fingerprint density at radius 3 is 2.79 bits per heavy atom. The first-order valence-corrected chi connectivity index (χ1v) is 8.41. The van der Waals surface area contributed by atoms with Gasteiger partial charge in [-0.25, -0.2) is 13.1 Å². The van der Waals surface area contributed by atoms with Crippen molar-refractivity contribution in [1.82, 2.24) is 10.0 Å². The van der Waals surface area contributed by atoms with Crippen LogP contribution in [-0.2, 0) is 10.0 Å². The second-order valence-electron chi connectivity index (χ2n) is 4.55. The Kier molecular flexibility index (Phi) is 5.09. The molecule has 1 fully saturated rings. The third-order valence-electron chi connectivity index (χ3n) is 3.10. The minimum atomic E-state index is -3.62. The van der Waals surface area contributed by atoms with E-state index in [4.69, 9.17) is 23.2 Å². The zero-order valence-electron chi connectivity index (χ0n) is 10.3. The number of benzene rings is 1. The third kappa shape index (κ3) is 3.83. The predicted molar refractivity (Wildman–Crippen MR) is 77.3 cm³/mol. The molecule has 1 aromatic rings. The van der Waals surface area contributed by atoms with Gasteiger partial charge in [-0.1, -0.05) is 29.3 Å². The highest BCUT2D eigenvalue weighted by Gasteiger charge is 2.23. The van der Waals surface area contributed by atoms with Gasteiger partial charge < -0.3 is 5.32 Å². The van der Waals surface area contributed by atoms with Crippen molar-refractivity contribution >= 4 is 33.2 Å². The minimum Gasteiger partial charge on any atom is -0.317 e. The van der Waals surface area contributed by atoms with Gasteiger partial charge in [-0.15, -0.1) is 0 Å². The van der Waals surface area contributed by atoms with Crippen molar-refractivity contribution in [3.63, 3.8) is 0 Å². The SMILES string of the molecule is O=S(=O)(NC1CCCNCC1)c1cccc(Cl)c1Cl. The van der Waals surface area contributed by atoms with Crippen molar-refractivity contribution < 1.29 is 8.42 Å². The van der Waals surface area contributed by atoms with Crippen LogP contribution in [0.4, 0.5) is 0 Å². The molecule has 1 aliphatic rings. The molecule has 0 bridgehead atoms. The Hall–Kier alpha value is -0.330. The molecule has 0 spiro atoms. The van der Waals surface area contributed by atoms with Crippen LogP contribution in [0.1, 0.15) is 19.3 Å². The van der Waals surface area contributed by atoms with Crippen LogP contribution in [0.25, 0.3) is 0 Å². The molecule has 2 rings (SSSR count). The standard InChI is InChI=1S/C12H16Cl2N2O2S/c13-10-4-1-5-11(12(10)14)19(17,18)16-9-3-2-7-15-8-6-9/h1,4-5,9,15-16H,2-3,6-8H2. The van der Waals surface area contributed by atoms with Crippen LogP contribution in [0.2, 0.25) is 10.0 Å². The molecule has 1 aliphatic heterocycles. The van der Waals surface area contributed by atoms with E-state index < -0.39 is 10.0 Å². The smallest absolute Gasteiger partial charge is 0.242 e. The molecule has 2 N–H and O–H groups in total. The van der Waals surface area contributed by atoms with E-state index in [9.17, 15) is 8.42 Å². The normalized spacial score (nSPS) is 21.1. The highest BCUT2D eigenvalue weighted by atomic mass is 35.5. The maximum atomic E-state index is 12.3. The maximum absolute atomic E-state index is 12.3. The molecule has 1 aromatic carbocycles. The number of nitrogens with one attached hydrogen (secondary N) is 2. The Morgan fingerprint density at radius 2 is 2.00 bits per heavy atom. The number of hydrogen-bond donors (Lipinski definition) is 2. The van der Waals surface area contributed by atoms with Gasteiger partial charge in [-0.2, -0.15) is 0 Å². The van der Waals surface area contributed by atoms with Gasteiger partial charge in [0.2, 0.25) is 10.0 Å². The van der Waals surface area contributed by atoms with Gasteiger partial charge in [0.05, 0.1) is 10.0 Å². The fourth-order valence-electron chi connectivity index (χ4n) is 2.11. The first-order valence-electron chi connectivity index (χ1n) is 6.18. The van der Waals surface area contributed by atoms with Crippen LogP contribution in [0.3, 0.4) is 0 Å². The van der Waals surface area contributed by atoms with Gasteiger partial charge in [0.1, 0.15) is 4.90 Å². The molecule has 1 saturated heterocycles. The Morgan fingerprint density at radius 1 is 1.21 bits per heavy atom. The molecule has 4 nitrogen and oxygen atoms in total. The summed E-state index contributed by atoms with van der Waals surface area (Å²) in [6.07, 6.45) is 2.55. The molecule has 0 radical (unpaired) electrons. The van der Waals surface area contributed by atoms with Gasteiger partial charge in [0, 0.05) is 6.04 Å². The van der Waals surface area contributed by atoms with Gasteiger partial charge in [0.25, 0.3) is 0 Å². The fraction of sp³-hybridized carbons (Fsp3) is 0.500. The average Bonchev–Trinajstić information content (AvgIpc) is 2.60. The van der Waals surface area contributed by atoms with E-state index in [-0.39, 0.29) is 21.0 Å². The second-order valence-corrected chi connectivity index (χ2v) is 7.02. The van der Waals surface area contributed by atoms with Gasteiger partial charge in [-0.05, 0) is 44.5 Å². The molecule has 7 heteroatoms. The summed E-state index contributed by atoms with van der Waals surface area (Å²) in [5, 5.41) is 3.56. The molecule has 0 aliphatic carbocycles. The molecule has 19 heavy (non-hydrogen) atoms. The number of halogens is 2. The van der Waals surface area contributed by atoms with Crippen molar-refractivity contribution in [2.45, 2.75) is 30.2 Å².